The molecule has 0 aromatic carbocycles. The summed E-state index contributed by atoms with van der Waals surface area (Å²) in [5, 5.41) is 12.0. The standard InChI is InChI=1S/C9H15NO2/c11-9(12)8-5-6-3-1-2-4-7(6)10-8/h6-8,10H,1-5H2,(H,11,12)/t6-,7+,8?/m0/s1. The highest BCUT2D eigenvalue weighted by Crippen LogP contribution is 2.32. The Hall–Kier alpha value is -0.570. The first-order chi connectivity index (χ1) is 5.77. The Kier molecular flexibility index (Phi) is 2.05. The normalized spacial score (nSPS) is 40.8. The van der Waals surface area contributed by atoms with Crippen molar-refractivity contribution in [2.45, 2.75) is 44.2 Å². The Morgan fingerprint density at radius 3 is 2.75 bits per heavy atom. The molecule has 2 fully saturated rings. The lowest BCUT2D eigenvalue weighted by atomic mass is 9.85. The first-order valence-corrected chi connectivity index (χ1v) is 4.76. The molecule has 3 heteroatoms. The van der Waals surface area contributed by atoms with Gasteiger partial charge in [0.25, 0.3) is 0 Å². The monoisotopic (exact) mass is 169 g/mol. The fourth-order valence-corrected chi connectivity index (χ4v) is 2.51. The summed E-state index contributed by atoms with van der Waals surface area (Å²) in [6.45, 7) is 0. The van der Waals surface area contributed by atoms with Crippen LogP contribution in [0.25, 0.3) is 0 Å². The van der Waals surface area contributed by atoms with Crippen molar-refractivity contribution in [2.75, 3.05) is 0 Å². The van der Waals surface area contributed by atoms with Gasteiger partial charge in [-0.3, -0.25) is 4.79 Å². The van der Waals surface area contributed by atoms with Crippen LogP contribution in [0.5, 0.6) is 0 Å². The lowest BCUT2D eigenvalue weighted by molar-refractivity contribution is -0.139. The number of aliphatic carboxylic acids is 1. The highest BCUT2D eigenvalue weighted by atomic mass is 16.4. The minimum atomic E-state index is -0.676. The summed E-state index contributed by atoms with van der Waals surface area (Å²) in [7, 11) is 0. The summed E-state index contributed by atoms with van der Waals surface area (Å²) in [6.07, 6.45) is 5.80. The minimum absolute atomic E-state index is 0.266. The van der Waals surface area contributed by atoms with Crippen LogP contribution in [0.2, 0.25) is 0 Å². The van der Waals surface area contributed by atoms with Crippen LogP contribution in [0.15, 0.2) is 0 Å². The molecule has 0 amide bonds. The van der Waals surface area contributed by atoms with Gasteiger partial charge in [0, 0.05) is 6.04 Å². The lowest BCUT2D eigenvalue weighted by Gasteiger charge is -2.24. The smallest absolute Gasteiger partial charge is 0.320 e. The summed E-state index contributed by atoms with van der Waals surface area (Å²) in [6, 6.07) is 0.234. The molecule has 1 heterocycles. The molecule has 68 valence electrons. The number of hydrogen-bond acceptors (Lipinski definition) is 2. The molecule has 2 aliphatic rings. The molecule has 0 aromatic rings. The summed E-state index contributed by atoms with van der Waals surface area (Å²) >= 11 is 0. The van der Waals surface area contributed by atoms with Crippen molar-refractivity contribution in [1.29, 1.82) is 0 Å². The molecule has 0 bridgehead atoms. The molecule has 1 saturated heterocycles. The van der Waals surface area contributed by atoms with Crippen LogP contribution in [0.4, 0.5) is 0 Å². The molecule has 1 saturated carbocycles. The number of carbonyl (C=O) groups is 1. The van der Waals surface area contributed by atoms with Crippen LogP contribution < -0.4 is 5.32 Å². The summed E-state index contributed by atoms with van der Waals surface area (Å²) in [5.41, 5.74) is 0. The molecular formula is C9H15NO2. The number of carboxylic acids is 1. The number of carboxylic acid groups (broad SMARTS) is 1. The number of nitrogens with one attached hydrogen (secondary N) is 1. The van der Waals surface area contributed by atoms with Crippen molar-refractivity contribution in [1.82, 2.24) is 5.32 Å². The molecule has 2 N–H and O–H groups in total. The van der Waals surface area contributed by atoms with E-state index in [1.807, 2.05) is 0 Å². The van der Waals surface area contributed by atoms with Crippen LogP contribution >= 0.6 is 0 Å². The molecular weight excluding hydrogens is 154 g/mol. The molecule has 3 atom stereocenters. The van der Waals surface area contributed by atoms with E-state index in [2.05, 4.69) is 5.32 Å². The van der Waals surface area contributed by atoms with Crippen LogP contribution in [-0.4, -0.2) is 23.2 Å². The third-order valence-electron chi connectivity index (χ3n) is 3.16. The van der Waals surface area contributed by atoms with Gasteiger partial charge in [0.05, 0.1) is 0 Å². The number of hydrogen-bond donors (Lipinski definition) is 2. The molecule has 0 aromatic heterocycles. The zero-order chi connectivity index (χ0) is 8.55. The molecule has 0 spiro atoms. The van der Waals surface area contributed by atoms with E-state index < -0.39 is 5.97 Å². The largest absolute Gasteiger partial charge is 0.480 e. The molecule has 1 aliphatic carbocycles. The Morgan fingerprint density at radius 1 is 1.33 bits per heavy atom. The number of rotatable bonds is 1. The summed E-state index contributed by atoms with van der Waals surface area (Å²) < 4.78 is 0. The molecule has 0 radical (unpaired) electrons. The SMILES string of the molecule is O=C(O)C1C[C@@H]2CCCC[C@H]2N1. The number of fused-ring (bicyclic) bond motifs is 1. The second-order valence-corrected chi connectivity index (χ2v) is 3.94. The maximum Gasteiger partial charge on any atom is 0.320 e. The van der Waals surface area contributed by atoms with E-state index in [9.17, 15) is 4.79 Å². The van der Waals surface area contributed by atoms with Gasteiger partial charge in [0.15, 0.2) is 0 Å². The summed E-state index contributed by atoms with van der Waals surface area (Å²) in [4.78, 5) is 10.7. The van der Waals surface area contributed by atoms with Crippen LogP contribution in [0.1, 0.15) is 32.1 Å². The van der Waals surface area contributed by atoms with Gasteiger partial charge in [-0.1, -0.05) is 12.8 Å². The van der Waals surface area contributed by atoms with E-state index in [0.717, 1.165) is 6.42 Å². The zero-order valence-electron chi connectivity index (χ0n) is 7.12. The molecule has 12 heavy (non-hydrogen) atoms. The van der Waals surface area contributed by atoms with E-state index in [0.29, 0.717) is 12.0 Å². The van der Waals surface area contributed by atoms with E-state index in [4.69, 9.17) is 5.11 Å². The van der Waals surface area contributed by atoms with Gasteiger partial charge in [0.2, 0.25) is 0 Å². The van der Waals surface area contributed by atoms with E-state index in [1.54, 1.807) is 0 Å². The molecule has 1 unspecified atom stereocenters. The van der Waals surface area contributed by atoms with Crippen molar-refractivity contribution < 1.29 is 9.90 Å². The van der Waals surface area contributed by atoms with Gasteiger partial charge in [0.1, 0.15) is 6.04 Å². The average molecular weight is 169 g/mol. The van der Waals surface area contributed by atoms with Gasteiger partial charge in [-0.25, -0.2) is 0 Å². The molecule has 2 rings (SSSR count). The Labute approximate surface area is 72.2 Å². The fourth-order valence-electron chi connectivity index (χ4n) is 2.51. The minimum Gasteiger partial charge on any atom is -0.480 e. The average Bonchev–Trinajstić information content (AvgIpc) is 2.46. The first-order valence-electron chi connectivity index (χ1n) is 4.76. The van der Waals surface area contributed by atoms with E-state index in [1.165, 1.54) is 25.7 Å². The van der Waals surface area contributed by atoms with Crippen LogP contribution in [-0.2, 0) is 4.79 Å². The van der Waals surface area contributed by atoms with Gasteiger partial charge in [-0.2, -0.15) is 0 Å². The second-order valence-electron chi connectivity index (χ2n) is 3.94. The molecule has 3 nitrogen and oxygen atoms in total. The van der Waals surface area contributed by atoms with Gasteiger partial charge >= 0.3 is 5.97 Å². The highest BCUT2D eigenvalue weighted by molar-refractivity contribution is 5.74. The Balaban J connectivity index is 1.98. The Morgan fingerprint density at radius 2 is 2.08 bits per heavy atom. The first kappa shape index (κ1) is 8.05. The van der Waals surface area contributed by atoms with Crippen molar-refractivity contribution in [3.63, 3.8) is 0 Å². The van der Waals surface area contributed by atoms with Crippen molar-refractivity contribution in [3.05, 3.63) is 0 Å². The summed E-state index contributed by atoms with van der Waals surface area (Å²) in [5.74, 6) is -0.0377. The van der Waals surface area contributed by atoms with Crippen LogP contribution in [0, 0.1) is 5.92 Å². The van der Waals surface area contributed by atoms with E-state index >= 15 is 0 Å². The predicted molar refractivity (Wildman–Crippen MR) is 44.9 cm³/mol. The second kappa shape index (κ2) is 3.05. The molecule has 1 aliphatic heterocycles. The topological polar surface area (TPSA) is 49.3 Å². The lowest BCUT2D eigenvalue weighted by Crippen LogP contribution is -2.36. The maximum atomic E-state index is 10.7. The third kappa shape index (κ3) is 1.33. The highest BCUT2D eigenvalue weighted by Gasteiger charge is 2.37. The zero-order valence-corrected chi connectivity index (χ0v) is 7.12. The van der Waals surface area contributed by atoms with Gasteiger partial charge in [-0.15, -0.1) is 0 Å². The maximum absolute atomic E-state index is 10.7. The fraction of sp³-hybridized carbons (Fsp3) is 0.889. The van der Waals surface area contributed by atoms with Crippen LogP contribution in [0.3, 0.4) is 0 Å². The van der Waals surface area contributed by atoms with Gasteiger partial charge < -0.3 is 10.4 Å². The predicted octanol–water partition coefficient (Wildman–Crippen LogP) is 0.992. The van der Waals surface area contributed by atoms with Crippen molar-refractivity contribution in [3.8, 4) is 0 Å². The van der Waals surface area contributed by atoms with E-state index in [-0.39, 0.29) is 6.04 Å². The van der Waals surface area contributed by atoms with Gasteiger partial charge in [-0.05, 0) is 25.2 Å². The Bertz CT molecular complexity index is 179. The quantitative estimate of drug-likeness (QED) is 0.615. The van der Waals surface area contributed by atoms with Crippen molar-refractivity contribution >= 4 is 5.97 Å². The van der Waals surface area contributed by atoms with Crippen molar-refractivity contribution in [2.24, 2.45) is 5.92 Å². The third-order valence-corrected chi connectivity index (χ3v) is 3.16.